The largest absolute Gasteiger partial charge is 0.445 e. The fourth-order valence-corrected chi connectivity index (χ4v) is 5.81. The van der Waals surface area contributed by atoms with E-state index in [0.717, 1.165) is 25.9 Å². The summed E-state index contributed by atoms with van der Waals surface area (Å²) in [5, 5.41) is 9.01. The van der Waals surface area contributed by atoms with Crippen molar-refractivity contribution in [2.45, 2.75) is 36.4 Å². The van der Waals surface area contributed by atoms with Crippen molar-refractivity contribution >= 4 is 32.6 Å². The molecule has 5 rings (SSSR count). The van der Waals surface area contributed by atoms with E-state index in [1.54, 1.807) is 6.07 Å². The molecule has 32 heavy (non-hydrogen) atoms. The van der Waals surface area contributed by atoms with Crippen LogP contribution in [0.5, 0.6) is 0 Å². The summed E-state index contributed by atoms with van der Waals surface area (Å²) in [4.78, 5) is 6.33. The van der Waals surface area contributed by atoms with Gasteiger partial charge in [0.05, 0.1) is 17.4 Å². The maximum atomic E-state index is 13.1. The van der Waals surface area contributed by atoms with Crippen molar-refractivity contribution < 1.29 is 21.6 Å². The Labute approximate surface area is 185 Å². The number of alkyl halides is 3. The van der Waals surface area contributed by atoms with Crippen molar-refractivity contribution in [1.29, 1.82) is 0 Å². The van der Waals surface area contributed by atoms with Gasteiger partial charge in [-0.3, -0.25) is 4.40 Å². The number of hydrogen-bond donors (Lipinski definition) is 2. The average Bonchev–Trinajstić information content (AvgIpc) is 3.13. The van der Waals surface area contributed by atoms with Gasteiger partial charge in [-0.2, -0.15) is 13.2 Å². The summed E-state index contributed by atoms with van der Waals surface area (Å²) in [6, 6.07) is 1.60. The van der Waals surface area contributed by atoms with Gasteiger partial charge in [0.1, 0.15) is 4.90 Å². The summed E-state index contributed by atoms with van der Waals surface area (Å²) in [5.41, 5.74) is 0.763. The van der Waals surface area contributed by atoms with Crippen molar-refractivity contribution in [3.05, 3.63) is 23.5 Å². The highest BCUT2D eigenvalue weighted by molar-refractivity contribution is 7.89. The van der Waals surface area contributed by atoms with Gasteiger partial charge in [-0.05, 0) is 25.8 Å². The monoisotopic (exact) mass is 487 g/mol. The Morgan fingerprint density at radius 3 is 2.56 bits per heavy atom. The summed E-state index contributed by atoms with van der Waals surface area (Å²) in [5.74, 6) is 0.110. The number of sulfonamides is 1. The first-order valence-electron chi connectivity index (χ1n) is 9.98. The average molecular weight is 488 g/mol. The predicted octanol–water partition coefficient (Wildman–Crippen LogP) is 2.11. The summed E-state index contributed by atoms with van der Waals surface area (Å²) >= 11 is 0.368. The number of imidazole rings is 1. The van der Waals surface area contributed by atoms with Gasteiger partial charge >= 0.3 is 6.18 Å². The maximum Gasteiger partial charge on any atom is 0.445 e. The van der Waals surface area contributed by atoms with Crippen molar-refractivity contribution in [2.24, 2.45) is 0 Å². The minimum absolute atomic E-state index is 0.0199. The smallest absolute Gasteiger partial charge is 0.367 e. The van der Waals surface area contributed by atoms with E-state index in [-0.39, 0.29) is 15.7 Å². The fourth-order valence-electron chi connectivity index (χ4n) is 3.62. The molecule has 3 aromatic heterocycles. The van der Waals surface area contributed by atoms with Gasteiger partial charge in [-0.15, -0.1) is 10.2 Å². The molecule has 14 heteroatoms. The highest BCUT2D eigenvalue weighted by atomic mass is 32.2. The third kappa shape index (κ3) is 3.95. The molecule has 0 spiro atoms. The SMILES string of the molecule is CC1(NS(=O)(=O)c2cc(N3CCNCC3)c3cnc(-c4nnc(C(F)(F)F)s4)n3c2)CC1. The van der Waals surface area contributed by atoms with E-state index in [2.05, 4.69) is 25.2 Å². The lowest BCUT2D eigenvalue weighted by Crippen LogP contribution is -2.43. The second-order valence-electron chi connectivity index (χ2n) is 8.21. The molecule has 0 unspecified atom stereocenters. The molecule has 172 valence electrons. The van der Waals surface area contributed by atoms with Crippen LogP contribution in [0.2, 0.25) is 0 Å². The van der Waals surface area contributed by atoms with Gasteiger partial charge in [0.25, 0.3) is 0 Å². The first-order valence-corrected chi connectivity index (χ1v) is 12.3. The van der Waals surface area contributed by atoms with Crippen LogP contribution in [0.25, 0.3) is 16.3 Å². The van der Waals surface area contributed by atoms with Crippen LogP contribution in [0.3, 0.4) is 0 Å². The van der Waals surface area contributed by atoms with E-state index >= 15 is 0 Å². The molecule has 3 aromatic rings. The van der Waals surface area contributed by atoms with Gasteiger partial charge < -0.3 is 10.2 Å². The van der Waals surface area contributed by atoms with Crippen molar-refractivity contribution in [1.82, 2.24) is 29.6 Å². The number of nitrogens with one attached hydrogen (secondary N) is 2. The van der Waals surface area contributed by atoms with Gasteiger partial charge in [-0.1, -0.05) is 11.3 Å². The van der Waals surface area contributed by atoms with Crippen LogP contribution >= 0.6 is 11.3 Å². The Hall–Kier alpha value is -2.29. The van der Waals surface area contributed by atoms with E-state index in [4.69, 9.17) is 0 Å². The number of aromatic nitrogens is 4. The molecule has 2 fully saturated rings. The molecule has 0 bridgehead atoms. The van der Waals surface area contributed by atoms with Crippen LogP contribution in [-0.4, -0.2) is 59.7 Å². The summed E-state index contributed by atoms with van der Waals surface area (Å²) in [6.45, 7) is 4.60. The minimum Gasteiger partial charge on any atom is -0.367 e. The lowest BCUT2D eigenvalue weighted by molar-refractivity contribution is -0.138. The number of rotatable bonds is 5. The third-order valence-corrected chi connectivity index (χ3v) is 8.17. The standard InChI is InChI=1S/C18H20F3N7O2S2/c1-17(2-3-17)26-32(29,30)11-8-12(27-6-4-22-5-7-27)13-9-23-14(28(13)10-11)15-24-25-16(31-15)18(19,20)21/h8-10,22,26H,2-7H2,1H3. The Balaban J connectivity index is 1.66. The molecule has 0 radical (unpaired) electrons. The van der Waals surface area contributed by atoms with Crippen molar-refractivity contribution in [3.8, 4) is 10.8 Å². The predicted molar refractivity (Wildman–Crippen MR) is 112 cm³/mol. The van der Waals surface area contributed by atoms with Crippen LogP contribution in [0.15, 0.2) is 23.4 Å². The van der Waals surface area contributed by atoms with E-state index in [9.17, 15) is 21.6 Å². The summed E-state index contributed by atoms with van der Waals surface area (Å²) in [7, 11) is -3.86. The molecule has 4 heterocycles. The Kier molecular flexibility index (Phi) is 4.96. The lowest BCUT2D eigenvalue weighted by atomic mass is 10.2. The highest BCUT2D eigenvalue weighted by Gasteiger charge is 2.41. The van der Waals surface area contributed by atoms with Crippen molar-refractivity contribution in [3.63, 3.8) is 0 Å². The Bertz CT molecular complexity index is 1280. The van der Waals surface area contributed by atoms with Gasteiger partial charge in [0, 0.05) is 37.9 Å². The molecule has 1 aliphatic heterocycles. The van der Waals surface area contributed by atoms with Crippen LogP contribution in [0.4, 0.5) is 18.9 Å². The van der Waals surface area contributed by atoms with Crippen LogP contribution in [-0.2, 0) is 16.2 Å². The van der Waals surface area contributed by atoms with Crippen LogP contribution < -0.4 is 14.9 Å². The second kappa shape index (κ2) is 7.37. The van der Waals surface area contributed by atoms with E-state index < -0.39 is 26.7 Å². The topological polar surface area (TPSA) is 105 Å². The number of halogens is 3. The summed E-state index contributed by atoms with van der Waals surface area (Å²) in [6.07, 6.45) is -0.215. The molecular weight excluding hydrogens is 467 g/mol. The first-order chi connectivity index (χ1) is 15.1. The Morgan fingerprint density at radius 2 is 1.94 bits per heavy atom. The number of pyridine rings is 1. The van der Waals surface area contributed by atoms with Crippen LogP contribution in [0, 0.1) is 0 Å². The Morgan fingerprint density at radius 1 is 1.22 bits per heavy atom. The zero-order valence-electron chi connectivity index (χ0n) is 17.0. The van der Waals surface area contributed by atoms with Gasteiger partial charge in [-0.25, -0.2) is 18.1 Å². The third-order valence-electron chi connectivity index (χ3n) is 5.60. The van der Waals surface area contributed by atoms with E-state index in [1.165, 1.54) is 16.8 Å². The van der Waals surface area contributed by atoms with Gasteiger partial charge in [0.2, 0.25) is 15.0 Å². The number of anilines is 1. The fraction of sp³-hybridized carbons (Fsp3) is 0.500. The molecule has 0 aromatic carbocycles. The number of hydrogen-bond acceptors (Lipinski definition) is 8. The molecule has 1 saturated carbocycles. The van der Waals surface area contributed by atoms with Crippen LogP contribution in [0.1, 0.15) is 24.8 Å². The molecule has 9 nitrogen and oxygen atoms in total. The molecule has 1 aliphatic carbocycles. The first kappa shape index (κ1) is 21.6. The number of piperazine rings is 1. The molecule has 0 amide bonds. The zero-order chi connectivity index (χ0) is 22.7. The number of nitrogens with zero attached hydrogens (tertiary/aromatic N) is 5. The lowest BCUT2D eigenvalue weighted by Gasteiger charge is -2.30. The molecule has 2 aliphatic rings. The van der Waals surface area contributed by atoms with E-state index in [1.807, 2.05) is 11.8 Å². The minimum atomic E-state index is -4.62. The van der Waals surface area contributed by atoms with Crippen molar-refractivity contribution in [2.75, 3.05) is 31.1 Å². The maximum absolute atomic E-state index is 13.1. The zero-order valence-corrected chi connectivity index (χ0v) is 18.6. The highest BCUT2D eigenvalue weighted by Crippen LogP contribution is 2.38. The van der Waals surface area contributed by atoms with E-state index in [0.29, 0.717) is 35.6 Å². The molecule has 0 atom stereocenters. The number of fused-ring (bicyclic) bond motifs is 1. The molecule has 2 N–H and O–H groups in total. The molecule has 1 saturated heterocycles. The second-order valence-corrected chi connectivity index (χ2v) is 10.9. The molecular formula is C18H20F3N7O2S2. The normalized spacial score (nSPS) is 18.9. The summed E-state index contributed by atoms with van der Waals surface area (Å²) < 4.78 is 69.5. The van der Waals surface area contributed by atoms with Gasteiger partial charge in [0.15, 0.2) is 10.8 Å². The quantitative estimate of drug-likeness (QED) is 0.568.